The smallest absolute Gasteiger partial charge is 0.257 e. The Bertz CT molecular complexity index is 479. The standard InChI is InChI=1S/C13H18N4O2S/c1-3-7-14-13(20)17-16-12(18)9-15-10-5-4-6-11(8-10)19-2/h3-6,8,15H,1,7,9H2,2H3,(H,16,18)(H2,14,17,20). The molecule has 4 N–H and O–H groups in total. The summed E-state index contributed by atoms with van der Waals surface area (Å²) in [5.41, 5.74) is 5.85. The molecule has 0 aliphatic carbocycles. The summed E-state index contributed by atoms with van der Waals surface area (Å²) in [6.45, 7) is 4.19. The molecule has 0 atom stereocenters. The highest BCUT2D eigenvalue weighted by molar-refractivity contribution is 7.80. The highest BCUT2D eigenvalue weighted by Crippen LogP contribution is 2.16. The SMILES string of the molecule is C=CCNC(=S)NNC(=O)CNc1cccc(OC)c1. The second-order valence-corrected chi connectivity index (χ2v) is 4.17. The van der Waals surface area contributed by atoms with E-state index in [1.165, 1.54) is 0 Å². The fourth-order valence-electron chi connectivity index (χ4n) is 1.30. The van der Waals surface area contributed by atoms with Crippen LogP contribution in [-0.4, -0.2) is 31.2 Å². The van der Waals surface area contributed by atoms with E-state index in [1.54, 1.807) is 19.3 Å². The Kier molecular flexibility index (Phi) is 6.91. The van der Waals surface area contributed by atoms with E-state index in [2.05, 4.69) is 28.1 Å². The van der Waals surface area contributed by atoms with Crippen molar-refractivity contribution in [2.45, 2.75) is 0 Å². The first-order valence-corrected chi connectivity index (χ1v) is 6.38. The maximum Gasteiger partial charge on any atom is 0.257 e. The van der Waals surface area contributed by atoms with Gasteiger partial charge in [-0.1, -0.05) is 12.1 Å². The Morgan fingerprint density at radius 1 is 1.45 bits per heavy atom. The van der Waals surface area contributed by atoms with Crippen LogP contribution in [0.5, 0.6) is 5.75 Å². The molecule has 0 radical (unpaired) electrons. The fourth-order valence-corrected chi connectivity index (χ4v) is 1.43. The molecule has 1 amide bonds. The summed E-state index contributed by atoms with van der Waals surface area (Å²) in [5, 5.41) is 6.13. The molecule has 0 heterocycles. The molecule has 0 bridgehead atoms. The van der Waals surface area contributed by atoms with Gasteiger partial charge in [0.2, 0.25) is 0 Å². The predicted molar refractivity (Wildman–Crippen MR) is 83.6 cm³/mol. The van der Waals surface area contributed by atoms with Crippen LogP contribution in [0, 0.1) is 0 Å². The molecule has 108 valence electrons. The maximum atomic E-state index is 11.6. The Hall–Kier alpha value is -2.28. The van der Waals surface area contributed by atoms with Gasteiger partial charge in [0.25, 0.3) is 5.91 Å². The molecule has 7 heteroatoms. The lowest BCUT2D eigenvalue weighted by molar-refractivity contribution is -0.119. The molecule has 0 aliphatic rings. The molecule has 1 rings (SSSR count). The van der Waals surface area contributed by atoms with Gasteiger partial charge in [0.05, 0.1) is 13.7 Å². The van der Waals surface area contributed by atoms with Crippen LogP contribution in [0.3, 0.4) is 0 Å². The van der Waals surface area contributed by atoms with Crippen molar-refractivity contribution in [3.05, 3.63) is 36.9 Å². The summed E-state index contributed by atoms with van der Waals surface area (Å²) in [6, 6.07) is 7.32. The summed E-state index contributed by atoms with van der Waals surface area (Å²) in [7, 11) is 1.59. The molecule has 0 saturated heterocycles. The second kappa shape index (κ2) is 8.76. The van der Waals surface area contributed by atoms with Crippen molar-refractivity contribution in [2.24, 2.45) is 0 Å². The molecular formula is C13H18N4O2S. The number of nitrogens with one attached hydrogen (secondary N) is 4. The molecule has 6 nitrogen and oxygen atoms in total. The first kappa shape index (κ1) is 15.8. The summed E-state index contributed by atoms with van der Waals surface area (Å²) in [6.07, 6.45) is 1.67. The molecule has 0 spiro atoms. The molecule has 0 aliphatic heterocycles. The van der Waals surface area contributed by atoms with Gasteiger partial charge in [-0.3, -0.25) is 15.6 Å². The quantitative estimate of drug-likeness (QED) is 0.353. The second-order valence-electron chi connectivity index (χ2n) is 3.76. The summed E-state index contributed by atoms with van der Waals surface area (Å²) >= 11 is 4.93. The number of thiocarbonyl (C=S) groups is 1. The summed E-state index contributed by atoms with van der Waals surface area (Å²) in [5.74, 6) is 0.485. The van der Waals surface area contributed by atoms with Crippen LogP contribution in [0.4, 0.5) is 5.69 Å². The molecule has 0 aromatic heterocycles. The Balaban J connectivity index is 2.28. The number of hydrogen-bond acceptors (Lipinski definition) is 4. The van der Waals surface area contributed by atoms with Crippen LogP contribution in [0.15, 0.2) is 36.9 Å². The number of hydrazine groups is 1. The molecule has 0 unspecified atom stereocenters. The summed E-state index contributed by atoms with van der Waals surface area (Å²) < 4.78 is 5.09. The minimum Gasteiger partial charge on any atom is -0.497 e. The first-order valence-electron chi connectivity index (χ1n) is 5.97. The molecule has 1 aromatic rings. The Morgan fingerprint density at radius 2 is 2.25 bits per heavy atom. The van der Waals surface area contributed by atoms with Crippen LogP contribution >= 0.6 is 12.2 Å². The van der Waals surface area contributed by atoms with E-state index in [0.29, 0.717) is 11.7 Å². The number of anilines is 1. The number of carbonyl (C=O) groups is 1. The topological polar surface area (TPSA) is 74.4 Å². The van der Waals surface area contributed by atoms with E-state index in [0.717, 1.165) is 11.4 Å². The Morgan fingerprint density at radius 3 is 2.95 bits per heavy atom. The van der Waals surface area contributed by atoms with Crippen molar-refractivity contribution in [2.75, 3.05) is 25.5 Å². The van der Waals surface area contributed by atoms with Gasteiger partial charge in [0.15, 0.2) is 5.11 Å². The van der Waals surface area contributed by atoms with E-state index < -0.39 is 0 Å². The van der Waals surface area contributed by atoms with Crippen molar-refractivity contribution in [3.8, 4) is 5.75 Å². The summed E-state index contributed by atoms with van der Waals surface area (Å²) in [4.78, 5) is 11.6. The van der Waals surface area contributed by atoms with Crippen molar-refractivity contribution in [3.63, 3.8) is 0 Å². The van der Waals surface area contributed by atoms with Crippen molar-refractivity contribution in [1.29, 1.82) is 0 Å². The maximum absolute atomic E-state index is 11.6. The van der Waals surface area contributed by atoms with Crippen LogP contribution in [-0.2, 0) is 4.79 Å². The van der Waals surface area contributed by atoms with Gasteiger partial charge in [-0.2, -0.15) is 0 Å². The number of benzene rings is 1. The number of methoxy groups -OCH3 is 1. The van der Waals surface area contributed by atoms with Gasteiger partial charge in [-0.05, 0) is 24.4 Å². The molecule has 1 aromatic carbocycles. The highest BCUT2D eigenvalue weighted by atomic mass is 32.1. The molecule has 0 fully saturated rings. The van der Waals surface area contributed by atoms with E-state index in [1.807, 2.05) is 18.2 Å². The number of hydrogen-bond donors (Lipinski definition) is 4. The molecule has 0 saturated carbocycles. The zero-order valence-electron chi connectivity index (χ0n) is 11.2. The van der Waals surface area contributed by atoms with Crippen LogP contribution in [0.1, 0.15) is 0 Å². The third kappa shape index (κ3) is 6.05. The lowest BCUT2D eigenvalue weighted by Gasteiger charge is -2.11. The normalized spacial score (nSPS) is 9.25. The third-order valence-corrected chi connectivity index (χ3v) is 2.49. The molecular weight excluding hydrogens is 276 g/mol. The zero-order chi connectivity index (χ0) is 14.8. The lowest BCUT2D eigenvalue weighted by Crippen LogP contribution is -2.48. The highest BCUT2D eigenvalue weighted by Gasteiger charge is 2.02. The Labute approximate surface area is 123 Å². The van der Waals surface area contributed by atoms with Crippen molar-refractivity contribution < 1.29 is 9.53 Å². The van der Waals surface area contributed by atoms with E-state index in [9.17, 15) is 4.79 Å². The van der Waals surface area contributed by atoms with Gasteiger partial charge in [-0.15, -0.1) is 6.58 Å². The van der Waals surface area contributed by atoms with Gasteiger partial charge >= 0.3 is 0 Å². The zero-order valence-corrected chi connectivity index (χ0v) is 12.0. The molecule has 20 heavy (non-hydrogen) atoms. The van der Waals surface area contributed by atoms with Gasteiger partial charge in [0.1, 0.15) is 5.75 Å². The number of ether oxygens (including phenoxy) is 1. The van der Waals surface area contributed by atoms with E-state index in [-0.39, 0.29) is 12.5 Å². The lowest BCUT2D eigenvalue weighted by atomic mass is 10.3. The largest absolute Gasteiger partial charge is 0.497 e. The van der Waals surface area contributed by atoms with Gasteiger partial charge < -0.3 is 15.4 Å². The third-order valence-electron chi connectivity index (χ3n) is 2.25. The van der Waals surface area contributed by atoms with Crippen LogP contribution < -0.4 is 26.2 Å². The number of amides is 1. The monoisotopic (exact) mass is 294 g/mol. The van der Waals surface area contributed by atoms with Crippen LogP contribution in [0.2, 0.25) is 0 Å². The minimum atomic E-state index is -0.240. The fraction of sp³-hybridized carbons (Fsp3) is 0.231. The van der Waals surface area contributed by atoms with Crippen molar-refractivity contribution in [1.82, 2.24) is 16.2 Å². The first-order chi connectivity index (χ1) is 9.65. The van der Waals surface area contributed by atoms with Crippen LogP contribution in [0.25, 0.3) is 0 Å². The van der Waals surface area contributed by atoms with Gasteiger partial charge in [0, 0.05) is 18.3 Å². The predicted octanol–water partition coefficient (Wildman–Crippen LogP) is 0.788. The average Bonchev–Trinajstić information content (AvgIpc) is 2.49. The minimum absolute atomic E-state index is 0.115. The average molecular weight is 294 g/mol. The van der Waals surface area contributed by atoms with E-state index in [4.69, 9.17) is 17.0 Å². The number of rotatable bonds is 6. The van der Waals surface area contributed by atoms with E-state index >= 15 is 0 Å². The number of carbonyl (C=O) groups excluding carboxylic acids is 1. The van der Waals surface area contributed by atoms with Gasteiger partial charge in [-0.25, -0.2) is 0 Å². The van der Waals surface area contributed by atoms with Crippen molar-refractivity contribution >= 4 is 28.9 Å².